The maximum atomic E-state index is 11.7. The molecule has 0 amide bonds. The van der Waals surface area contributed by atoms with Crippen LogP contribution in [0.15, 0.2) is 9.27 Å². The number of methoxy groups -OCH3 is 2. The quantitative estimate of drug-likeness (QED) is 0.875. The Bertz CT molecular complexity index is 420. The fourth-order valence-electron chi connectivity index (χ4n) is 1.54. The summed E-state index contributed by atoms with van der Waals surface area (Å²) in [6, 6.07) is 0. The third-order valence-corrected chi connectivity index (χ3v) is 3.19. The van der Waals surface area contributed by atoms with E-state index in [0.29, 0.717) is 22.6 Å². The highest BCUT2D eigenvalue weighted by Gasteiger charge is 2.16. The Balaban J connectivity index is 3.12. The molecule has 0 saturated carbocycles. The zero-order valence-corrected chi connectivity index (χ0v) is 11.8. The molecule has 1 atom stereocenters. The lowest BCUT2D eigenvalue weighted by Crippen LogP contribution is -2.19. The van der Waals surface area contributed by atoms with Gasteiger partial charge in [-0.15, -0.1) is 0 Å². The standard InChI is InChI=1S/C11H17BrN2O3/c1-4-5-8(17-3)10-13-7(6-16-2)9(12)11(15)14-10/h8H,4-6H2,1-3H3,(H,13,14,15). The van der Waals surface area contributed by atoms with E-state index in [1.807, 2.05) is 0 Å². The van der Waals surface area contributed by atoms with E-state index in [2.05, 4.69) is 32.8 Å². The summed E-state index contributed by atoms with van der Waals surface area (Å²) in [6.07, 6.45) is 1.59. The Morgan fingerprint density at radius 2 is 2.18 bits per heavy atom. The van der Waals surface area contributed by atoms with Crippen LogP contribution in [-0.2, 0) is 16.1 Å². The average molecular weight is 305 g/mol. The largest absolute Gasteiger partial charge is 0.378 e. The number of aromatic nitrogens is 2. The summed E-state index contributed by atoms with van der Waals surface area (Å²) < 4.78 is 10.7. The van der Waals surface area contributed by atoms with Crippen molar-refractivity contribution >= 4 is 15.9 Å². The van der Waals surface area contributed by atoms with E-state index >= 15 is 0 Å². The molecule has 1 unspecified atom stereocenters. The third-order valence-electron chi connectivity index (χ3n) is 2.37. The predicted molar refractivity (Wildman–Crippen MR) is 67.9 cm³/mol. The van der Waals surface area contributed by atoms with E-state index in [-0.39, 0.29) is 11.7 Å². The van der Waals surface area contributed by atoms with Gasteiger partial charge < -0.3 is 14.5 Å². The molecule has 0 aliphatic heterocycles. The van der Waals surface area contributed by atoms with Gasteiger partial charge in [-0.3, -0.25) is 4.79 Å². The molecule has 1 rings (SSSR count). The lowest BCUT2D eigenvalue weighted by atomic mass is 10.2. The van der Waals surface area contributed by atoms with Crippen molar-refractivity contribution in [2.75, 3.05) is 14.2 Å². The maximum absolute atomic E-state index is 11.7. The first-order valence-electron chi connectivity index (χ1n) is 5.44. The second-order valence-corrected chi connectivity index (χ2v) is 4.45. The number of H-pyrrole nitrogens is 1. The van der Waals surface area contributed by atoms with Gasteiger partial charge in [0.05, 0.1) is 12.3 Å². The van der Waals surface area contributed by atoms with Crippen LogP contribution in [0.25, 0.3) is 0 Å². The predicted octanol–water partition coefficient (Wildman–Crippen LogP) is 2.17. The Kier molecular flexibility index (Phi) is 5.80. The zero-order chi connectivity index (χ0) is 12.8. The van der Waals surface area contributed by atoms with Crippen molar-refractivity contribution in [3.8, 4) is 0 Å². The normalized spacial score (nSPS) is 12.7. The van der Waals surface area contributed by atoms with Crippen molar-refractivity contribution < 1.29 is 9.47 Å². The fourth-order valence-corrected chi connectivity index (χ4v) is 1.84. The molecule has 0 radical (unpaired) electrons. The van der Waals surface area contributed by atoms with Gasteiger partial charge >= 0.3 is 0 Å². The first kappa shape index (κ1) is 14.3. The van der Waals surface area contributed by atoms with Crippen LogP contribution in [0.2, 0.25) is 0 Å². The van der Waals surface area contributed by atoms with Crippen LogP contribution >= 0.6 is 15.9 Å². The highest BCUT2D eigenvalue weighted by atomic mass is 79.9. The summed E-state index contributed by atoms with van der Waals surface area (Å²) in [5, 5.41) is 0. The minimum atomic E-state index is -0.208. The van der Waals surface area contributed by atoms with Crippen LogP contribution in [0.5, 0.6) is 0 Å². The zero-order valence-electron chi connectivity index (χ0n) is 10.2. The molecular formula is C11H17BrN2O3. The number of rotatable bonds is 6. The lowest BCUT2D eigenvalue weighted by molar-refractivity contribution is 0.0864. The molecule has 0 bridgehead atoms. The van der Waals surface area contributed by atoms with E-state index < -0.39 is 0 Å². The van der Waals surface area contributed by atoms with Crippen LogP contribution < -0.4 is 5.56 Å². The van der Waals surface area contributed by atoms with Crippen molar-refractivity contribution in [3.63, 3.8) is 0 Å². The first-order chi connectivity index (χ1) is 8.13. The topological polar surface area (TPSA) is 64.2 Å². The third kappa shape index (κ3) is 3.62. The van der Waals surface area contributed by atoms with E-state index in [1.165, 1.54) is 0 Å². The van der Waals surface area contributed by atoms with Gasteiger partial charge in [0.25, 0.3) is 5.56 Å². The van der Waals surface area contributed by atoms with E-state index in [0.717, 1.165) is 12.8 Å². The van der Waals surface area contributed by atoms with E-state index in [9.17, 15) is 4.79 Å². The van der Waals surface area contributed by atoms with Crippen molar-refractivity contribution in [3.05, 3.63) is 26.3 Å². The molecule has 0 aliphatic rings. The van der Waals surface area contributed by atoms with Crippen molar-refractivity contribution in [2.45, 2.75) is 32.5 Å². The minimum Gasteiger partial charge on any atom is -0.378 e. The fraction of sp³-hybridized carbons (Fsp3) is 0.636. The minimum absolute atomic E-state index is 0.184. The van der Waals surface area contributed by atoms with Crippen LogP contribution in [0.4, 0.5) is 0 Å². The van der Waals surface area contributed by atoms with Gasteiger partial charge in [0, 0.05) is 14.2 Å². The number of aromatic amines is 1. The van der Waals surface area contributed by atoms with Crippen molar-refractivity contribution in [1.82, 2.24) is 9.97 Å². The molecule has 1 aromatic rings. The van der Waals surface area contributed by atoms with Gasteiger partial charge in [0.2, 0.25) is 0 Å². The second kappa shape index (κ2) is 6.88. The lowest BCUT2D eigenvalue weighted by Gasteiger charge is -2.14. The van der Waals surface area contributed by atoms with Crippen LogP contribution in [0, 0.1) is 0 Å². The molecule has 0 aliphatic carbocycles. The van der Waals surface area contributed by atoms with E-state index in [1.54, 1.807) is 14.2 Å². The molecule has 96 valence electrons. The highest BCUT2D eigenvalue weighted by molar-refractivity contribution is 9.10. The number of halogens is 1. The summed E-state index contributed by atoms with van der Waals surface area (Å²) >= 11 is 3.20. The van der Waals surface area contributed by atoms with Crippen LogP contribution in [0.3, 0.4) is 0 Å². The molecule has 1 N–H and O–H groups in total. The Hall–Kier alpha value is -0.720. The number of nitrogens with zero attached hydrogens (tertiary/aromatic N) is 1. The molecule has 0 fully saturated rings. The number of hydrogen-bond acceptors (Lipinski definition) is 4. The van der Waals surface area contributed by atoms with Crippen LogP contribution in [0.1, 0.15) is 37.4 Å². The van der Waals surface area contributed by atoms with E-state index in [4.69, 9.17) is 9.47 Å². The smallest absolute Gasteiger partial charge is 0.265 e. The summed E-state index contributed by atoms with van der Waals surface area (Å²) in [5.74, 6) is 0.551. The molecular weight excluding hydrogens is 288 g/mol. The SMILES string of the molecule is CCCC(OC)c1nc(COC)c(Br)c(=O)[nH]1. The molecule has 1 heterocycles. The molecule has 5 nitrogen and oxygen atoms in total. The molecule has 0 aromatic carbocycles. The Morgan fingerprint density at radius 3 is 2.71 bits per heavy atom. The summed E-state index contributed by atoms with van der Waals surface area (Å²) in [4.78, 5) is 18.8. The number of ether oxygens (including phenoxy) is 2. The molecule has 0 saturated heterocycles. The average Bonchev–Trinajstić information content (AvgIpc) is 2.32. The Morgan fingerprint density at radius 1 is 1.47 bits per heavy atom. The van der Waals surface area contributed by atoms with Gasteiger partial charge in [-0.2, -0.15) is 0 Å². The molecule has 1 aromatic heterocycles. The summed E-state index contributed by atoms with van der Waals surface area (Å²) in [5.41, 5.74) is 0.379. The van der Waals surface area contributed by atoms with Gasteiger partial charge in [-0.05, 0) is 22.4 Å². The monoisotopic (exact) mass is 304 g/mol. The summed E-state index contributed by atoms with van der Waals surface area (Å²) in [6.45, 7) is 2.35. The molecule has 17 heavy (non-hydrogen) atoms. The molecule has 0 spiro atoms. The highest BCUT2D eigenvalue weighted by Crippen LogP contribution is 2.19. The maximum Gasteiger partial charge on any atom is 0.265 e. The van der Waals surface area contributed by atoms with Crippen molar-refractivity contribution in [2.24, 2.45) is 0 Å². The van der Waals surface area contributed by atoms with Gasteiger partial charge in [-0.25, -0.2) is 4.98 Å². The first-order valence-corrected chi connectivity index (χ1v) is 6.23. The molecule has 6 heteroatoms. The Labute approximate surface area is 109 Å². The number of hydrogen-bond donors (Lipinski definition) is 1. The summed E-state index contributed by atoms with van der Waals surface area (Å²) in [7, 11) is 3.17. The van der Waals surface area contributed by atoms with Gasteiger partial charge in [0.15, 0.2) is 0 Å². The number of nitrogens with one attached hydrogen (secondary N) is 1. The second-order valence-electron chi connectivity index (χ2n) is 3.66. The van der Waals surface area contributed by atoms with Crippen LogP contribution in [-0.4, -0.2) is 24.2 Å². The van der Waals surface area contributed by atoms with Gasteiger partial charge in [0.1, 0.15) is 16.4 Å². The van der Waals surface area contributed by atoms with Gasteiger partial charge in [-0.1, -0.05) is 13.3 Å². The van der Waals surface area contributed by atoms with Crippen molar-refractivity contribution in [1.29, 1.82) is 0 Å².